The fraction of sp³-hybridized carbons (Fsp3) is 0.333. The van der Waals surface area contributed by atoms with E-state index in [9.17, 15) is 4.79 Å². The molecule has 5 nitrogen and oxygen atoms in total. The lowest BCUT2D eigenvalue weighted by Crippen LogP contribution is -2.12. The Kier molecular flexibility index (Phi) is 4.40. The van der Waals surface area contributed by atoms with Crippen molar-refractivity contribution in [1.82, 2.24) is 10.2 Å². The molecule has 1 amide bonds. The van der Waals surface area contributed by atoms with E-state index in [0.29, 0.717) is 12.8 Å². The summed E-state index contributed by atoms with van der Waals surface area (Å²) in [5.74, 6) is 0.766. The van der Waals surface area contributed by atoms with Crippen molar-refractivity contribution >= 4 is 11.6 Å². The molecule has 0 unspecified atom stereocenters. The highest BCUT2D eigenvalue weighted by Gasteiger charge is 2.09. The van der Waals surface area contributed by atoms with Gasteiger partial charge < -0.3 is 10.1 Å². The molecule has 0 bridgehead atoms. The van der Waals surface area contributed by atoms with E-state index in [1.807, 2.05) is 38.1 Å². The van der Waals surface area contributed by atoms with Gasteiger partial charge in [0.25, 0.3) is 0 Å². The SMILES string of the molecule is COc1ccc(NC(=O)CCc2c(C)n[nH]c2C)cc1. The second-order valence-electron chi connectivity index (χ2n) is 4.69. The summed E-state index contributed by atoms with van der Waals surface area (Å²) in [5.41, 5.74) is 3.88. The van der Waals surface area contributed by atoms with Gasteiger partial charge in [0.2, 0.25) is 5.91 Å². The van der Waals surface area contributed by atoms with Crippen LogP contribution in [-0.2, 0) is 11.2 Å². The summed E-state index contributed by atoms with van der Waals surface area (Å²) in [7, 11) is 1.61. The lowest BCUT2D eigenvalue weighted by molar-refractivity contribution is -0.116. The highest BCUT2D eigenvalue weighted by molar-refractivity contribution is 5.90. The molecule has 0 fully saturated rings. The van der Waals surface area contributed by atoms with Gasteiger partial charge in [-0.25, -0.2) is 0 Å². The molecule has 106 valence electrons. The van der Waals surface area contributed by atoms with Gasteiger partial charge in [0.05, 0.1) is 12.8 Å². The van der Waals surface area contributed by atoms with Crippen molar-refractivity contribution in [2.45, 2.75) is 26.7 Å². The minimum atomic E-state index is -0.00448. The van der Waals surface area contributed by atoms with Crippen molar-refractivity contribution in [1.29, 1.82) is 0 Å². The number of carbonyl (C=O) groups excluding carboxylic acids is 1. The Labute approximate surface area is 118 Å². The van der Waals surface area contributed by atoms with Gasteiger partial charge in [-0.15, -0.1) is 0 Å². The van der Waals surface area contributed by atoms with Crippen LogP contribution in [0.1, 0.15) is 23.4 Å². The van der Waals surface area contributed by atoms with Crippen molar-refractivity contribution in [2.75, 3.05) is 12.4 Å². The first-order valence-corrected chi connectivity index (χ1v) is 6.54. The Bertz CT molecular complexity index is 568. The van der Waals surface area contributed by atoms with E-state index in [0.717, 1.165) is 28.4 Å². The number of hydrogen-bond donors (Lipinski definition) is 2. The van der Waals surface area contributed by atoms with Crippen LogP contribution in [0.3, 0.4) is 0 Å². The largest absolute Gasteiger partial charge is 0.497 e. The Balaban J connectivity index is 1.89. The van der Waals surface area contributed by atoms with Gasteiger partial charge in [-0.3, -0.25) is 9.89 Å². The Hall–Kier alpha value is -2.30. The summed E-state index contributed by atoms with van der Waals surface area (Å²) in [6.07, 6.45) is 1.13. The number of anilines is 1. The highest BCUT2D eigenvalue weighted by atomic mass is 16.5. The van der Waals surface area contributed by atoms with Gasteiger partial charge in [-0.05, 0) is 50.1 Å². The molecule has 0 radical (unpaired) electrons. The molecule has 1 aromatic heterocycles. The molecule has 2 N–H and O–H groups in total. The van der Waals surface area contributed by atoms with Crippen LogP contribution in [0.4, 0.5) is 5.69 Å². The number of aromatic nitrogens is 2. The van der Waals surface area contributed by atoms with E-state index in [1.165, 1.54) is 0 Å². The van der Waals surface area contributed by atoms with Crippen LogP contribution in [0, 0.1) is 13.8 Å². The van der Waals surface area contributed by atoms with Crippen LogP contribution in [-0.4, -0.2) is 23.2 Å². The summed E-state index contributed by atoms with van der Waals surface area (Å²) in [4.78, 5) is 11.9. The number of hydrogen-bond acceptors (Lipinski definition) is 3. The minimum Gasteiger partial charge on any atom is -0.497 e. The predicted octanol–water partition coefficient (Wildman–Crippen LogP) is 2.61. The third kappa shape index (κ3) is 3.38. The number of amides is 1. The maximum absolute atomic E-state index is 11.9. The van der Waals surface area contributed by atoms with E-state index in [1.54, 1.807) is 7.11 Å². The molecule has 0 saturated heterocycles. The first-order valence-electron chi connectivity index (χ1n) is 6.54. The van der Waals surface area contributed by atoms with E-state index in [-0.39, 0.29) is 5.91 Å². The topological polar surface area (TPSA) is 67.0 Å². The molecule has 20 heavy (non-hydrogen) atoms. The van der Waals surface area contributed by atoms with Crippen LogP contribution in [0.25, 0.3) is 0 Å². The molecule has 0 aliphatic carbocycles. The van der Waals surface area contributed by atoms with Gasteiger partial charge in [0.15, 0.2) is 0 Å². The number of rotatable bonds is 5. The van der Waals surface area contributed by atoms with Crippen LogP contribution in [0.2, 0.25) is 0 Å². The van der Waals surface area contributed by atoms with Crippen molar-refractivity contribution < 1.29 is 9.53 Å². The van der Waals surface area contributed by atoms with Gasteiger partial charge in [-0.1, -0.05) is 0 Å². The van der Waals surface area contributed by atoms with E-state index in [2.05, 4.69) is 15.5 Å². The second-order valence-corrected chi connectivity index (χ2v) is 4.69. The molecule has 5 heteroatoms. The summed E-state index contributed by atoms with van der Waals surface area (Å²) in [5, 5.41) is 9.92. The lowest BCUT2D eigenvalue weighted by atomic mass is 10.1. The normalized spacial score (nSPS) is 10.3. The quantitative estimate of drug-likeness (QED) is 0.880. The molecule has 0 atom stereocenters. The van der Waals surface area contributed by atoms with Gasteiger partial charge in [-0.2, -0.15) is 5.10 Å². The number of ether oxygens (including phenoxy) is 1. The van der Waals surface area contributed by atoms with Crippen molar-refractivity contribution in [3.8, 4) is 5.75 Å². The minimum absolute atomic E-state index is 0.00448. The first kappa shape index (κ1) is 14.1. The third-order valence-electron chi connectivity index (χ3n) is 3.26. The number of aryl methyl sites for hydroxylation is 2. The summed E-state index contributed by atoms with van der Waals surface area (Å²) in [6, 6.07) is 7.29. The lowest BCUT2D eigenvalue weighted by Gasteiger charge is -2.06. The monoisotopic (exact) mass is 273 g/mol. The van der Waals surface area contributed by atoms with Crippen molar-refractivity contribution in [3.63, 3.8) is 0 Å². The van der Waals surface area contributed by atoms with Gasteiger partial charge in [0, 0.05) is 17.8 Å². The fourth-order valence-electron chi connectivity index (χ4n) is 2.08. The molecular formula is C15H19N3O2. The van der Waals surface area contributed by atoms with Crippen molar-refractivity contribution in [2.24, 2.45) is 0 Å². The van der Waals surface area contributed by atoms with Crippen LogP contribution >= 0.6 is 0 Å². The Morgan fingerprint density at radius 3 is 2.55 bits per heavy atom. The maximum Gasteiger partial charge on any atom is 0.224 e. The number of aromatic amines is 1. The second kappa shape index (κ2) is 6.23. The average molecular weight is 273 g/mol. The Morgan fingerprint density at radius 1 is 1.30 bits per heavy atom. The number of carbonyl (C=O) groups is 1. The molecule has 0 spiro atoms. The number of H-pyrrole nitrogens is 1. The summed E-state index contributed by atoms with van der Waals surface area (Å²) < 4.78 is 5.07. The standard InChI is InChI=1S/C15H19N3O2/c1-10-14(11(2)18-17-10)8-9-15(19)16-12-4-6-13(20-3)7-5-12/h4-7H,8-9H2,1-3H3,(H,16,19)(H,17,18). The number of methoxy groups -OCH3 is 1. The highest BCUT2D eigenvalue weighted by Crippen LogP contribution is 2.16. The Morgan fingerprint density at radius 2 is 2.00 bits per heavy atom. The zero-order valence-corrected chi connectivity index (χ0v) is 12.0. The third-order valence-corrected chi connectivity index (χ3v) is 3.26. The van der Waals surface area contributed by atoms with Crippen LogP contribution in [0.5, 0.6) is 5.75 Å². The predicted molar refractivity (Wildman–Crippen MR) is 78.0 cm³/mol. The average Bonchev–Trinajstić information content (AvgIpc) is 2.77. The molecule has 0 aliphatic heterocycles. The zero-order chi connectivity index (χ0) is 14.5. The molecule has 0 aliphatic rings. The first-order chi connectivity index (χ1) is 9.60. The molecule has 0 saturated carbocycles. The van der Waals surface area contributed by atoms with Gasteiger partial charge in [0.1, 0.15) is 5.75 Å². The number of benzene rings is 1. The van der Waals surface area contributed by atoms with Gasteiger partial charge >= 0.3 is 0 Å². The molecule has 2 aromatic rings. The van der Waals surface area contributed by atoms with E-state index >= 15 is 0 Å². The molecule has 1 aromatic carbocycles. The number of nitrogens with zero attached hydrogens (tertiary/aromatic N) is 1. The molecule has 2 rings (SSSR count). The fourth-order valence-corrected chi connectivity index (χ4v) is 2.08. The van der Waals surface area contributed by atoms with Crippen LogP contribution in [0.15, 0.2) is 24.3 Å². The maximum atomic E-state index is 11.9. The van der Waals surface area contributed by atoms with Crippen molar-refractivity contribution in [3.05, 3.63) is 41.2 Å². The summed E-state index contributed by atoms with van der Waals surface area (Å²) >= 11 is 0. The number of nitrogens with one attached hydrogen (secondary N) is 2. The van der Waals surface area contributed by atoms with E-state index in [4.69, 9.17) is 4.74 Å². The smallest absolute Gasteiger partial charge is 0.224 e. The van der Waals surface area contributed by atoms with E-state index < -0.39 is 0 Å². The molecule has 1 heterocycles. The molecular weight excluding hydrogens is 254 g/mol. The summed E-state index contributed by atoms with van der Waals surface area (Å²) in [6.45, 7) is 3.91. The van der Waals surface area contributed by atoms with Crippen LogP contribution < -0.4 is 10.1 Å². The zero-order valence-electron chi connectivity index (χ0n) is 12.0.